The van der Waals surface area contributed by atoms with Crippen LogP contribution in [-0.4, -0.2) is 49.1 Å². The molecule has 2 unspecified atom stereocenters. The van der Waals surface area contributed by atoms with Crippen molar-refractivity contribution in [1.29, 1.82) is 0 Å². The van der Waals surface area contributed by atoms with E-state index >= 15 is 0 Å². The van der Waals surface area contributed by atoms with E-state index in [9.17, 15) is 4.79 Å². The number of piperidine rings is 1. The lowest BCUT2D eigenvalue weighted by Gasteiger charge is -2.33. The molecule has 0 radical (unpaired) electrons. The van der Waals surface area contributed by atoms with Gasteiger partial charge < -0.3 is 15.5 Å². The van der Waals surface area contributed by atoms with E-state index in [1.807, 2.05) is 0 Å². The molecule has 0 aromatic carbocycles. The van der Waals surface area contributed by atoms with Crippen LogP contribution in [0.4, 0.5) is 0 Å². The molecule has 2 rings (SSSR count). The summed E-state index contributed by atoms with van der Waals surface area (Å²) in [7, 11) is 0. The first-order chi connectivity index (χ1) is 8.65. The Morgan fingerprint density at radius 2 is 2.21 bits per heavy atom. The summed E-state index contributed by atoms with van der Waals surface area (Å²) in [5.41, 5.74) is 0. The van der Waals surface area contributed by atoms with Crippen molar-refractivity contribution in [3.8, 4) is 0 Å². The highest BCUT2D eigenvalue weighted by Crippen LogP contribution is 2.15. The number of rotatable bonds is 4. The number of nitrogens with one attached hydrogen (secondary N) is 2. The molecule has 19 heavy (non-hydrogen) atoms. The van der Waals surface area contributed by atoms with Gasteiger partial charge in [0.05, 0.1) is 6.04 Å². The van der Waals surface area contributed by atoms with Crippen LogP contribution in [0.2, 0.25) is 0 Å². The second-order valence-corrected chi connectivity index (χ2v) is 6.07. The molecule has 5 heteroatoms. The van der Waals surface area contributed by atoms with Gasteiger partial charge >= 0.3 is 0 Å². The Bertz CT molecular complexity index is 282. The van der Waals surface area contributed by atoms with Crippen LogP contribution in [0.5, 0.6) is 0 Å². The maximum Gasteiger partial charge on any atom is 0.237 e. The third-order valence-electron chi connectivity index (χ3n) is 4.04. The Kier molecular flexibility index (Phi) is 7.11. The van der Waals surface area contributed by atoms with Gasteiger partial charge in [-0.2, -0.15) is 0 Å². The molecule has 3 atom stereocenters. The first-order valence-electron chi connectivity index (χ1n) is 7.41. The molecular formula is C14H28ClN3O. The van der Waals surface area contributed by atoms with Crippen LogP contribution >= 0.6 is 12.4 Å². The van der Waals surface area contributed by atoms with E-state index in [1.54, 1.807) is 0 Å². The number of hydrogen-bond donors (Lipinski definition) is 2. The van der Waals surface area contributed by atoms with Crippen LogP contribution in [-0.2, 0) is 4.79 Å². The fraction of sp³-hybridized carbons (Fsp3) is 0.929. The molecule has 0 saturated carbocycles. The van der Waals surface area contributed by atoms with E-state index in [-0.39, 0.29) is 30.4 Å². The van der Waals surface area contributed by atoms with Gasteiger partial charge in [-0.15, -0.1) is 12.4 Å². The van der Waals surface area contributed by atoms with Gasteiger partial charge in [0.15, 0.2) is 0 Å². The van der Waals surface area contributed by atoms with Crippen molar-refractivity contribution < 1.29 is 4.79 Å². The first kappa shape index (κ1) is 16.7. The van der Waals surface area contributed by atoms with E-state index in [4.69, 9.17) is 0 Å². The summed E-state index contributed by atoms with van der Waals surface area (Å²) in [5, 5.41) is 6.39. The van der Waals surface area contributed by atoms with Gasteiger partial charge in [0.25, 0.3) is 0 Å². The molecule has 2 fully saturated rings. The molecule has 2 heterocycles. The van der Waals surface area contributed by atoms with Crippen LogP contribution < -0.4 is 10.6 Å². The predicted molar refractivity (Wildman–Crippen MR) is 80.7 cm³/mol. The van der Waals surface area contributed by atoms with Gasteiger partial charge in [-0.1, -0.05) is 6.92 Å². The molecule has 1 amide bonds. The Balaban J connectivity index is 0.00000180. The van der Waals surface area contributed by atoms with Gasteiger partial charge in [-0.3, -0.25) is 4.79 Å². The van der Waals surface area contributed by atoms with Crippen LogP contribution in [0.15, 0.2) is 0 Å². The minimum Gasteiger partial charge on any atom is -0.351 e. The summed E-state index contributed by atoms with van der Waals surface area (Å²) >= 11 is 0. The summed E-state index contributed by atoms with van der Waals surface area (Å²) < 4.78 is 0. The smallest absolute Gasteiger partial charge is 0.237 e. The number of halogens is 1. The number of carbonyl (C=O) groups is 1. The summed E-state index contributed by atoms with van der Waals surface area (Å²) in [6.45, 7) is 8.77. The molecule has 2 N–H and O–H groups in total. The van der Waals surface area contributed by atoms with E-state index in [1.165, 1.54) is 25.9 Å². The van der Waals surface area contributed by atoms with Crippen LogP contribution in [0, 0.1) is 5.92 Å². The average Bonchev–Trinajstić information content (AvgIpc) is 2.81. The number of carbonyl (C=O) groups excluding carboxylic acids is 1. The quantitative estimate of drug-likeness (QED) is 0.822. The Morgan fingerprint density at radius 1 is 1.42 bits per heavy atom. The van der Waals surface area contributed by atoms with Crippen molar-refractivity contribution in [2.75, 3.05) is 26.2 Å². The monoisotopic (exact) mass is 289 g/mol. The molecule has 0 aromatic rings. The second kappa shape index (κ2) is 8.08. The summed E-state index contributed by atoms with van der Waals surface area (Å²) in [4.78, 5) is 14.5. The molecule has 0 bridgehead atoms. The number of amides is 1. The molecule has 2 aliphatic rings. The molecule has 2 aliphatic heterocycles. The Morgan fingerprint density at radius 3 is 2.84 bits per heavy atom. The van der Waals surface area contributed by atoms with E-state index < -0.39 is 0 Å². The minimum atomic E-state index is 0. The van der Waals surface area contributed by atoms with Gasteiger partial charge in [0.1, 0.15) is 0 Å². The van der Waals surface area contributed by atoms with Crippen molar-refractivity contribution in [3.63, 3.8) is 0 Å². The standard InChI is InChI=1S/C14H27N3O.ClH/c1-11-5-4-8-17(9-11)10-12(2)16-14(18)13-6-3-7-15-13;/h11-13,15H,3-10H2,1-2H3,(H,16,18);1H/t11?,12?,13-;/m0./s1. The van der Waals surface area contributed by atoms with Crippen LogP contribution in [0.1, 0.15) is 39.5 Å². The molecular weight excluding hydrogens is 262 g/mol. The zero-order valence-electron chi connectivity index (χ0n) is 12.2. The maximum atomic E-state index is 12.0. The first-order valence-corrected chi connectivity index (χ1v) is 7.41. The van der Waals surface area contributed by atoms with Crippen molar-refractivity contribution >= 4 is 18.3 Å². The Hall–Kier alpha value is -0.320. The zero-order valence-corrected chi connectivity index (χ0v) is 13.0. The van der Waals surface area contributed by atoms with Crippen molar-refractivity contribution in [2.45, 2.75) is 51.6 Å². The van der Waals surface area contributed by atoms with Crippen molar-refractivity contribution in [1.82, 2.24) is 15.5 Å². The van der Waals surface area contributed by atoms with Gasteiger partial charge in [-0.25, -0.2) is 0 Å². The van der Waals surface area contributed by atoms with Crippen molar-refractivity contribution in [3.05, 3.63) is 0 Å². The zero-order chi connectivity index (χ0) is 13.0. The van der Waals surface area contributed by atoms with Gasteiger partial charge in [-0.05, 0) is 51.6 Å². The maximum absolute atomic E-state index is 12.0. The SMILES string of the molecule is CC1CCCN(CC(C)NC(=O)[C@@H]2CCCN2)C1.Cl. The summed E-state index contributed by atoms with van der Waals surface area (Å²) in [5.74, 6) is 0.989. The predicted octanol–water partition coefficient (Wildman–Crippen LogP) is 1.40. The minimum absolute atomic E-state index is 0. The number of likely N-dealkylation sites (tertiary alicyclic amines) is 1. The van der Waals surface area contributed by atoms with E-state index in [0.717, 1.165) is 31.8 Å². The average molecular weight is 290 g/mol. The fourth-order valence-electron chi connectivity index (χ4n) is 3.14. The molecule has 0 aromatic heterocycles. The number of hydrogen-bond acceptors (Lipinski definition) is 3. The largest absolute Gasteiger partial charge is 0.351 e. The second-order valence-electron chi connectivity index (χ2n) is 6.07. The lowest BCUT2D eigenvalue weighted by atomic mass is 10.00. The summed E-state index contributed by atoms with van der Waals surface area (Å²) in [6.07, 6.45) is 4.75. The third-order valence-corrected chi connectivity index (χ3v) is 4.04. The third kappa shape index (κ3) is 5.28. The normalized spacial score (nSPS) is 29.6. The lowest BCUT2D eigenvalue weighted by Crippen LogP contribution is -2.49. The van der Waals surface area contributed by atoms with Crippen LogP contribution in [0.25, 0.3) is 0 Å². The van der Waals surface area contributed by atoms with Crippen LogP contribution in [0.3, 0.4) is 0 Å². The highest BCUT2D eigenvalue weighted by atomic mass is 35.5. The van der Waals surface area contributed by atoms with Gasteiger partial charge in [0, 0.05) is 19.1 Å². The highest BCUT2D eigenvalue weighted by molar-refractivity contribution is 5.85. The molecule has 112 valence electrons. The van der Waals surface area contributed by atoms with E-state index in [0.29, 0.717) is 0 Å². The number of nitrogens with zero attached hydrogens (tertiary/aromatic N) is 1. The molecule has 0 spiro atoms. The fourth-order valence-corrected chi connectivity index (χ4v) is 3.14. The highest BCUT2D eigenvalue weighted by Gasteiger charge is 2.24. The van der Waals surface area contributed by atoms with E-state index in [2.05, 4.69) is 29.4 Å². The molecule has 0 aliphatic carbocycles. The lowest BCUT2D eigenvalue weighted by molar-refractivity contribution is -0.123. The topological polar surface area (TPSA) is 44.4 Å². The molecule has 4 nitrogen and oxygen atoms in total. The Labute approximate surface area is 123 Å². The van der Waals surface area contributed by atoms with Gasteiger partial charge in [0.2, 0.25) is 5.91 Å². The van der Waals surface area contributed by atoms with Crippen molar-refractivity contribution in [2.24, 2.45) is 5.92 Å². The summed E-state index contributed by atoms with van der Waals surface area (Å²) in [6, 6.07) is 0.304. The molecule has 2 saturated heterocycles.